The van der Waals surface area contributed by atoms with E-state index >= 15 is 0 Å². The molecule has 0 saturated carbocycles. The molecule has 2 aromatic rings. The fourth-order valence-corrected chi connectivity index (χ4v) is 3.69. The number of rotatable bonds is 10. The maximum absolute atomic E-state index is 13.2. The van der Waals surface area contributed by atoms with Crippen LogP contribution >= 0.6 is 15.9 Å². The molecule has 7 heteroatoms. The van der Waals surface area contributed by atoms with Crippen LogP contribution in [0.2, 0.25) is 0 Å². The van der Waals surface area contributed by atoms with Gasteiger partial charge in [0.15, 0.2) is 0 Å². The summed E-state index contributed by atoms with van der Waals surface area (Å²) in [5.41, 5.74) is 0.441. The number of allylic oxidation sites excluding steroid dienone is 1. The van der Waals surface area contributed by atoms with Gasteiger partial charge < -0.3 is 9.15 Å². The van der Waals surface area contributed by atoms with Crippen LogP contribution in [0.5, 0.6) is 0 Å². The summed E-state index contributed by atoms with van der Waals surface area (Å²) in [5.74, 6) is -1.13. The molecule has 2 atom stereocenters. The van der Waals surface area contributed by atoms with E-state index in [-0.39, 0.29) is 17.8 Å². The van der Waals surface area contributed by atoms with Crippen LogP contribution in [0.1, 0.15) is 64.8 Å². The van der Waals surface area contributed by atoms with Gasteiger partial charge in [-0.2, -0.15) is 4.68 Å². The quantitative estimate of drug-likeness (QED) is 0.326. The van der Waals surface area contributed by atoms with E-state index in [0.717, 1.165) is 5.56 Å². The zero-order valence-corrected chi connectivity index (χ0v) is 20.6. The molecule has 1 heterocycles. The molecule has 2 rings (SSSR count). The van der Waals surface area contributed by atoms with Crippen molar-refractivity contribution in [1.29, 1.82) is 0 Å². The van der Waals surface area contributed by atoms with Crippen LogP contribution in [-0.2, 0) is 16.1 Å². The minimum Gasteiger partial charge on any atom is -0.460 e. The Morgan fingerprint density at radius 3 is 2.52 bits per heavy atom. The molecule has 1 aromatic carbocycles. The van der Waals surface area contributed by atoms with Crippen LogP contribution in [0, 0.1) is 11.8 Å². The molecule has 0 spiro atoms. The topological polar surface area (TPSA) is 74.3 Å². The van der Waals surface area contributed by atoms with E-state index in [1.54, 1.807) is 0 Å². The average molecular weight is 493 g/mol. The van der Waals surface area contributed by atoms with E-state index < -0.39 is 17.3 Å². The average Bonchev–Trinajstić information content (AvgIpc) is 3.03. The molecule has 170 valence electrons. The number of nitrogens with zero attached hydrogens (tertiary/aromatic N) is 2. The lowest BCUT2D eigenvalue weighted by molar-refractivity contribution is -0.161. The summed E-state index contributed by atoms with van der Waals surface area (Å²) in [6, 6.07) is 9.91. The van der Waals surface area contributed by atoms with Crippen molar-refractivity contribution in [3.05, 3.63) is 58.4 Å². The lowest BCUT2D eigenvalue weighted by atomic mass is 9.83. The Bertz CT molecular complexity index is 910. The van der Waals surface area contributed by atoms with Crippen LogP contribution in [0.15, 0.2) is 45.6 Å². The summed E-state index contributed by atoms with van der Waals surface area (Å²) in [4.78, 5) is 25.4. The number of alkyl halides is 1. The lowest BCUT2D eigenvalue weighted by Gasteiger charge is -2.28. The molecule has 0 bridgehead atoms. The predicted octanol–water partition coefficient (Wildman–Crippen LogP) is 5.42. The summed E-state index contributed by atoms with van der Waals surface area (Å²) in [6.45, 7) is 10.1. The van der Waals surface area contributed by atoms with Gasteiger partial charge in [-0.25, -0.2) is 4.79 Å². The van der Waals surface area contributed by atoms with Gasteiger partial charge in [0.2, 0.25) is 5.89 Å². The zero-order chi connectivity index (χ0) is 23.0. The molecular formula is C24H33BrN2O4. The van der Waals surface area contributed by atoms with Crippen LogP contribution in [0.4, 0.5) is 0 Å². The van der Waals surface area contributed by atoms with Crippen molar-refractivity contribution < 1.29 is 13.9 Å². The Hall–Kier alpha value is -2.15. The molecule has 0 fully saturated rings. The monoisotopic (exact) mass is 492 g/mol. The second-order valence-electron chi connectivity index (χ2n) is 9.04. The van der Waals surface area contributed by atoms with E-state index in [9.17, 15) is 9.59 Å². The number of halogens is 1. The molecule has 0 aliphatic carbocycles. The second kappa shape index (κ2) is 11.5. The Labute approximate surface area is 192 Å². The van der Waals surface area contributed by atoms with Gasteiger partial charge in [-0.05, 0) is 45.1 Å². The van der Waals surface area contributed by atoms with E-state index in [0.29, 0.717) is 30.6 Å². The molecule has 1 aromatic heterocycles. The van der Waals surface area contributed by atoms with Crippen molar-refractivity contribution in [2.75, 3.05) is 5.33 Å². The Kier molecular flexibility index (Phi) is 9.29. The second-order valence-corrected chi connectivity index (χ2v) is 9.84. The summed E-state index contributed by atoms with van der Waals surface area (Å²) >= 11 is 3.32. The first kappa shape index (κ1) is 25.1. The van der Waals surface area contributed by atoms with Crippen molar-refractivity contribution in [3.8, 4) is 0 Å². The number of carbonyl (C=O) groups excluding carboxylic acids is 1. The Balaban J connectivity index is 2.39. The molecule has 0 saturated heterocycles. The number of hydrogen-bond acceptors (Lipinski definition) is 5. The summed E-state index contributed by atoms with van der Waals surface area (Å²) < 4.78 is 12.5. The van der Waals surface area contributed by atoms with Gasteiger partial charge in [0.05, 0.1) is 18.4 Å². The first-order chi connectivity index (χ1) is 14.6. The first-order valence-electron chi connectivity index (χ1n) is 10.7. The van der Waals surface area contributed by atoms with E-state index in [1.165, 1.54) is 4.68 Å². The van der Waals surface area contributed by atoms with Crippen LogP contribution in [0.25, 0.3) is 6.08 Å². The number of carbonyl (C=O) groups is 1. The first-order valence-corrected chi connectivity index (χ1v) is 11.8. The van der Waals surface area contributed by atoms with Gasteiger partial charge in [0.1, 0.15) is 5.60 Å². The van der Waals surface area contributed by atoms with Crippen molar-refractivity contribution in [1.82, 2.24) is 9.78 Å². The Morgan fingerprint density at radius 1 is 1.26 bits per heavy atom. The maximum atomic E-state index is 13.2. The highest BCUT2D eigenvalue weighted by molar-refractivity contribution is 9.09. The van der Waals surface area contributed by atoms with Crippen molar-refractivity contribution in [2.45, 2.75) is 65.5 Å². The zero-order valence-electron chi connectivity index (χ0n) is 19.0. The number of ether oxygens (including phenoxy) is 1. The smallest absolute Gasteiger partial charge is 0.437 e. The van der Waals surface area contributed by atoms with Gasteiger partial charge in [0, 0.05) is 5.33 Å². The molecule has 6 nitrogen and oxygen atoms in total. The number of aromatic nitrogens is 2. The normalized spacial score (nSPS) is 14.2. The van der Waals surface area contributed by atoms with Crippen molar-refractivity contribution >= 4 is 28.0 Å². The van der Waals surface area contributed by atoms with Gasteiger partial charge in [-0.3, -0.25) is 4.79 Å². The van der Waals surface area contributed by atoms with Gasteiger partial charge in [0.25, 0.3) is 0 Å². The minimum atomic E-state index is -0.614. The predicted molar refractivity (Wildman–Crippen MR) is 126 cm³/mol. The molecule has 0 amide bonds. The molecule has 0 N–H and O–H groups in total. The lowest BCUT2D eigenvalue weighted by Crippen LogP contribution is -2.32. The number of benzene rings is 1. The fourth-order valence-electron chi connectivity index (χ4n) is 3.36. The summed E-state index contributed by atoms with van der Waals surface area (Å²) in [5, 5.41) is 4.98. The number of aryl methyl sites for hydroxylation is 1. The fraction of sp³-hybridized carbons (Fsp3) is 0.542. The van der Waals surface area contributed by atoms with E-state index in [2.05, 4.69) is 34.9 Å². The number of esters is 1. The third-order valence-electron chi connectivity index (χ3n) is 4.66. The summed E-state index contributed by atoms with van der Waals surface area (Å²) in [6.07, 6.45) is 5.07. The molecule has 31 heavy (non-hydrogen) atoms. The van der Waals surface area contributed by atoms with Gasteiger partial charge in [-0.15, -0.1) is 5.10 Å². The highest BCUT2D eigenvalue weighted by atomic mass is 79.9. The van der Waals surface area contributed by atoms with Gasteiger partial charge in [-0.1, -0.05) is 72.3 Å². The molecule has 0 aliphatic rings. The molecular weight excluding hydrogens is 460 g/mol. The SMILES string of the molecule is CC(C)C[C@@H](c1nn(CCBr)c(=O)o1)[C@H](C/C=C/c1ccccc1)C(=O)OC(C)(C)C. The van der Waals surface area contributed by atoms with Crippen LogP contribution in [-0.4, -0.2) is 26.7 Å². The summed E-state index contributed by atoms with van der Waals surface area (Å²) in [7, 11) is 0. The van der Waals surface area contributed by atoms with E-state index in [1.807, 2.05) is 63.3 Å². The molecule has 0 unspecified atom stereocenters. The molecule has 0 aliphatic heterocycles. The Morgan fingerprint density at radius 2 is 1.94 bits per heavy atom. The maximum Gasteiger partial charge on any atom is 0.437 e. The highest BCUT2D eigenvalue weighted by Crippen LogP contribution is 2.34. The van der Waals surface area contributed by atoms with Crippen LogP contribution in [0.3, 0.4) is 0 Å². The van der Waals surface area contributed by atoms with Crippen molar-refractivity contribution in [3.63, 3.8) is 0 Å². The van der Waals surface area contributed by atoms with Crippen molar-refractivity contribution in [2.24, 2.45) is 11.8 Å². The third-order valence-corrected chi connectivity index (χ3v) is 5.01. The number of hydrogen-bond donors (Lipinski definition) is 0. The van der Waals surface area contributed by atoms with Crippen LogP contribution < -0.4 is 5.76 Å². The van der Waals surface area contributed by atoms with Gasteiger partial charge >= 0.3 is 11.7 Å². The third kappa shape index (κ3) is 8.13. The van der Waals surface area contributed by atoms with E-state index in [4.69, 9.17) is 9.15 Å². The highest BCUT2D eigenvalue weighted by Gasteiger charge is 2.36. The molecule has 0 radical (unpaired) electrons. The minimum absolute atomic E-state index is 0.277. The standard InChI is InChI=1S/C24H33BrN2O4/c1-17(2)16-20(21-26-27(15-14-25)23(29)30-21)19(22(28)31-24(3,4)5)13-9-12-18-10-7-6-8-11-18/h6-12,17,19-20H,13-16H2,1-5H3/b12-9+/t19-,20+/m0/s1. The largest absolute Gasteiger partial charge is 0.460 e.